The number of nitrogens with zero attached hydrogens (tertiary/aromatic N) is 2. The second kappa shape index (κ2) is 6.15. The minimum absolute atomic E-state index is 0.285. The third-order valence-corrected chi connectivity index (χ3v) is 3.00. The zero-order valence-electron chi connectivity index (χ0n) is 11.7. The van der Waals surface area contributed by atoms with Crippen LogP contribution in [0.4, 0.5) is 13.2 Å². The quantitative estimate of drug-likeness (QED) is 0.861. The van der Waals surface area contributed by atoms with Crippen molar-refractivity contribution in [2.45, 2.75) is 18.9 Å². The average Bonchev–Trinajstić information content (AvgIpc) is 2.96. The van der Waals surface area contributed by atoms with Gasteiger partial charge >= 0.3 is 6.36 Å². The van der Waals surface area contributed by atoms with Gasteiger partial charge in [-0.05, 0) is 29.8 Å². The molecule has 8 heteroatoms. The van der Waals surface area contributed by atoms with Crippen LogP contribution in [0, 0.1) is 0 Å². The van der Waals surface area contributed by atoms with E-state index in [1.165, 1.54) is 24.3 Å². The van der Waals surface area contributed by atoms with Gasteiger partial charge in [0.1, 0.15) is 11.5 Å². The van der Waals surface area contributed by atoms with Crippen molar-refractivity contribution in [1.82, 2.24) is 4.98 Å². The topological polar surface area (TPSA) is 52.9 Å². The Hall–Kier alpha value is -2.77. The summed E-state index contributed by atoms with van der Waals surface area (Å²) < 4.78 is 45.7. The number of aromatic nitrogens is 1. The first kappa shape index (κ1) is 15.1. The molecule has 1 atom stereocenters. The van der Waals surface area contributed by atoms with Crippen molar-refractivity contribution < 1.29 is 27.5 Å². The minimum atomic E-state index is -4.71. The largest absolute Gasteiger partial charge is 0.573 e. The molecule has 1 aromatic heterocycles. The van der Waals surface area contributed by atoms with Gasteiger partial charge in [-0.25, -0.2) is 0 Å². The summed E-state index contributed by atoms with van der Waals surface area (Å²) in [6, 6.07) is 8.90. The highest BCUT2D eigenvalue weighted by molar-refractivity contribution is 5.79. The van der Waals surface area contributed by atoms with Crippen LogP contribution in [0.3, 0.4) is 0 Å². The molecule has 0 radical (unpaired) electrons. The van der Waals surface area contributed by atoms with Crippen LogP contribution in [0.5, 0.6) is 11.5 Å². The van der Waals surface area contributed by atoms with E-state index >= 15 is 0 Å². The lowest BCUT2D eigenvalue weighted by atomic mass is 10.1. The summed E-state index contributed by atoms with van der Waals surface area (Å²) in [6.07, 6.45) is -1.60. The lowest BCUT2D eigenvalue weighted by molar-refractivity contribution is -0.274. The summed E-state index contributed by atoms with van der Waals surface area (Å²) in [5, 5.41) is 3.83. The van der Waals surface area contributed by atoms with Crippen LogP contribution in [0.25, 0.3) is 0 Å². The third kappa shape index (κ3) is 4.12. The van der Waals surface area contributed by atoms with Crippen molar-refractivity contribution in [1.29, 1.82) is 0 Å². The Bertz CT molecular complexity index is 687. The van der Waals surface area contributed by atoms with E-state index in [0.29, 0.717) is 23.6 Å². The van der Waals surface area contributed by atoms with E-state index in [2.05, 4.69) is 14.9 Å². The van der Waals surface area contributed by atoms with Gasteiger partial charge in [0.25, 0.3) is 0 Å². The summed E-state index contributed by atoms with van der Waals surface area (Å²) in [6.45, 7) is 0. The van der Waals surface area contributed by atoms with Crippen molar-refractivity contribution in [3.05, 3.63) is 54.4 Å². The van der Waals surface area contributed by atoms with Crippen molar-refractivity contribution in [2.24, 2.45) is 5.16 Å². The molecule has 1 aliphatic heterocycles. The maximum Gasteiger partial charge on any atom is 0.573 e. The number of halogens is 3. The highest BCUT2D eigenvalue weighted by Crippen LogP contribution is 2.30. The number of hydrogen-bond acceptors (Lipinski definition) is 5. The number of oxime groups is 1. The molecule has 0 unspecified atom stereocenters. The SMILES string of the molecule is FC(F)(F)Oc1ccc([C@H]2CC(Oc3cccnc3)=NO2)cc1. The predicted molar refractivity (Wildman–Crippen MR) is 73.9 cm³/mol. The Kier molecular flexibility index (Phi) is 4.05. The molecule has 0 amide bonds. The zero-order chi connectivity index (χ0) is 16.3. The highest BCUT2D eigenvalue weighted by atomic mass is 19.4. The van der Waals surface area contributed by atoms with Crippen LogP contribution in [-0.4, -0.2) is 17.2 Å². The van der Waals surface area contributed by atoms with Gasteiger partial charge in [-0.1, -0.05) is 17.3 Å². The van der Waals surface area contributed by atoms with E-state index in [-0.39, 0.29) is 5.75 Å². The van der Waals surface area contributed by atoms with Crippen LogP contribution in [0.15, 0.2) is 53.9 Å². The first-order chi connectivity index (χ1) is 11.0. The summed E-state index contributed by atoms with van der Waals surface area (Å²) >= 11 is 0. The van der Waals surface area contributed by atoms with Gasteiger partial charge in [0.2, 0.25) is 5.90 Å². The molecule has 0 N–H and O–H groups in total. The monoisotopic (exact) mass is 324 g/mol. The Balaban J connectivity index is 1.59. The third-order valence-electron chi connectivity index (χ3n) is 3.00. The van der Waals surface area contributed by atoms with Crippen molar-refractivity contribution in [3.8, 4) is 11.5 Å². The van der Waals surface area contributed by atoms with Gasteiger partial charge in [0.05, 0.1) is 12.6 Å². The normalized spacial score (nSPS) is 17.3. The summed E-state index contributed by atoms with van der Waals surface area (Å²) in [4.78, 5) is 9.16. The second-order valence-electron chi connectivity index (χ2n) is 4.69. The van der Waals surface area contributed by atoms with E-state index < -0.39 is 12.5 Å². The molecular weight excluding hydrogens is 313 g/mol. The number of hydrogen-bond donors (Lipinski definition) is 0. The van der Waals surface area contributed by atoms with Gasteiger partial charge in [-0.15, -0.1) is 13.2 Å². The molecule has 0 bridgehead atoms. The van der Waals surface area contributed by atoms with Gasteiger partial charge in [-0.2, -0.15) is 0 Å². The molecule has 1 aliphatic rings. The minimum Gasteiger partial charge on any atom is -0.438 e. The standard InChI is InChI=1S/C15H11F3N2O3/c16-15(17,18)22-11-5-3-10(4-6-11)13-8-14(20-23-13)21-12-2-1-7-19-9-12/h1-7,9,13H,8H2/t13-/m1/s1. The Morgan fingerprint density at radius 1 is 1.09 bits per heavy atom. The molecule has 0 saturated carbocycles. The first-order valence-electron chi connectivity index (χ1n) is 6.66. The Morgan fingerprint density at radius 3 is 2.52 bits per heavy atom. The van der Waals surface area contributed by atoms with Crippen molar-refractivity contribution in [2.75, 3.05) is 0 Å². The predicted octanol–water partition coefficient (Wildman–Crippen LogP) is 3.83. The molecule has 0 spiro atoms. The van der Waals surface area contributed by atoms with E-state index in [1.807, 2.05) is 0 Å². The average molecular weight is 324 g/mol. The van der Waals surface area contributed by atoms with Gasteiger partial charge in [0.15, 0.2) is 6.10 Å². The molecular formula is C15H11F3N2O3. The molecule has 23 heavy (non-hydrogen) atoms. The number of pyridine rings is 1. The molecule has 2 heterocycles. The fraction of sp³-hybridized carbons (Fsp3) is 0.200. The van der Waals surface area contributed by atoms with Gasteiger partial charge < -0.3 is 14.3 Å². The molecule has 1 aromatic carbocycles. The maximum absolute atomic E-state index is 12.1. The lowest BCUT2D eigenvalue weighted by Gasteiger charge is -2.11. The van der Waals surface area contributed by atoms with Gasteiger partial charge in [-0.3, -0.25) is 4.98 Å². The molecule has 3 rings (SSSR count). The van der Waals surface area contributed by atoms with Crippen LogP contribution in [0.1, 0.15) is 18.1 Å². The van der Waals surface area contributed by atoms with Gasteiger partial charge in [0, 0.05) is 6.20 Å². The zero-order valence-corrected chi connectivity index (χ0v) is 11.7. The first-order valence-corrected chi connectivity index (χ1v) is 6.66. The van der Waals surface area contributed by atoms with Crippen LogP contribution in [-0.2, 0) is 4.84 Å². The molecule has 0 saturated heterocycles. The maximum atomic E-state index is 12.1. The highest BCUT2D eigenvalue weighted by Gasteiger charge is 2.31. The number of ether oxygens (including phenoxy) is 2. The number of benzene rings is 1. The smallest absolute Gasteiger partial charge is 0.438 e. The van der Waals surface area contributed by atoms with Crippen LogP contribution >= 0.6 is 0 Å². The van der Waals surface area contributed by atoms with E-state index in [0.717, 1.165) is 0 Å². The molecule has 0 aliphatic carbocycles. The Morgan fingerprint density at radius 2 is 1.87 bits per heavy atom. The number of rotatable bonds is 3. The Labute approximate surface area is 129 Å². The molecule has 2 aromatic rings. The lowest BCUT2D eigenvalue weighted by Crippen LogP contribution is -2.17. The summed E-state index contributed by atoms with van der Waals surface area (Å²) in [5.74, 6) is 0.620. The van der Waals surface area contributed by atoms with Crippen molar-refractivity contribution in [3.63, 3.8) is 0 Å². The van der Waals surface area contributed by atoms with Crippen LogP contribution < -0.4 is 9.47 Å². The van der Waals surface area contributed by atoms with E-state index in [4.69, 9.17) is 9.57 Å². The summed E-state index contributed by atoms with van der Waals surface area (Å²) in [7, 11) is 0. The molecule has 120 valence electrons. The van der Waals surface area contributed by atoms with E-state index in [9.17, 15) is 13.2 Å². The van der Waals surface area contributed by atoms with Crippen molar-refractivity contribution >= 4 is 5.90 Å². The summed E-state index contributed by atoms with van der Waals surface area (Å²) in [5.41, 5.74) is 0.674. The molecule has 5 nitrogen and oxygen atoms in total. The number of alkyl halides is 3. The van der Waals surface area contributed by atoms with Crippen LogP contribution in [0.2, 0.25) is 0 Å². The fourth-order valence-corrected chi connectivity index (χ4v) is 2.02. The fourth-order valence-electron chi connectivity index (χ4n) is 2.02. The molecule has 0 fully saturated rings. The van der Waals surface area contributed by atoms with E-state index in [1.54, 1.807) is 24.5 Å². The second-order valence-corrected chi connectivity index (χ2v) is 4.69.